The molecule has 0 aliphatic carbocycles. The number of carbonyl (C=O) groups is 1. The van der Waals surface area contributed by atoms with Crippen molar-refractivity contribution >= 4 is 23.4 Å². The van der Waals surface area contributed by atoms with Crippen LogP contribution < -0.4 is 15.5 Å². The predicted octanol–water partition coefficient (Wildman–Crippen LogP) is 2.77. The van der Waals surface area contributed by atoms with Gasteiger partial charge >= 0.3 is 6.03 Å². The van der Waals surface area contributed by atoms with Crippen LogP contribution in [0.15, 0.2) is 42.7 Å². The van der Waals surface area contributed by atoms with Gasteiger partial charge in [0.25, 0.3) is 0 Å². The molecular weight excluding hydrogens is 412 g/mol. The van der Waals surface area contributed by atoms with Crippen LogP contribution in [-0.2, 0) is 10.3 Å². The van der Waals surface area contributed by atoms with Crippen molar-refractivity contribution in [3.8, 4) is 11.4 Å². The molecule has 1 aliphatic heterocycles. The van der Waals surface area contributed by atoms with E-state index >= 15 is 0 Å². The number of carbonyl (C=O) groups excluding carboxylic acids is 1. The second-order valence-electron chi connectivity index (χ2n) is 8.00. The molecule has 0 saturated carbocycles. The number of nitrogens with one attached hydrogen (secondary N) is 3. The highest BCUT2D eigenvalue weighted by atomic mass is 16.5. The van der Waals surface area contributed by atoms with Gasteiger partial charge in [-0.1, -0.05) is 0 Å². The molecule has 1 atom stereocenters. The van der Waals surface area contributed by atoms with E-state index in [1.165, 1.54) is 0 Å². The van der Waals surface area contributed by atoms with Crippen molar-refractivity contribution in [3.05, 3.63) is 48.4 Å². The van der Waals surface area contributed by atoms with Crippen LogP contribution in [0.5, 0.6) is 0 Å². The Kier molecular flexibility index (Phi) is 7.06. The summed E-state index contributed by atoms with van der Waals surface area (Å²) in [4.78, 5) is 23.3. The molecular formula is C22H28N6O4. The summed E-state index contributed by atoms with van der Waals surface area (Å²) >= 11 is 0. The van der Waals surface area contributed by atoms with E-state index in [9.17, 15) is 9.90 Å². The molecule has 1 aliphatic rings. The third-order valence-electron chi connectivity index (χ3n) is 4.89. The summed E-state index contributed by atoms with van der Waals surface area (Å²) in [5, 5.41) is 31.5. The zero-order valence-corrected chi connectivity index (χ0v) is 18.3. The summed E-state index contributed by atoms with van der Waals surface area (Å²) in [7, 11) is 0. The van der Waals surface area contributed by atoms with Crippen molar-refractivity contribution in [1.82, 2.24) is 15.3 Å². The largest absolute Gasteiger partial charge is 0.515 e. The molecule has 1 saturated heterocycles. The number of aromatic nitrogens is 2. The average Bonchev–Trinajstić information content (AvgIpc) is 2.73. The summed E-state index contributed by atoms with van der Waals surface area (Å²) in [6.07, 6.45) is 1.72. The number of amides is 2. The van der Waals surface area contributed by atoms with E-state index < -0.39 is 11.6 Å². The first-order valence-corrected chi connectivity index (χ1v) is 10.2. The number of amidine groups is 1. The third-order valence-corrected chi connectivity index (χ3v) is 4.89. The number of anilines is 2. The van der Waals surface area contributed by atoms with Gasteiger partial charge in [-0.25, -0.2) is 14.8 Å². The lowest BCUT2D eigenvalue weighted by atomic mass is 10.0. The molecule has 0 bridgehead atoms. The number of urea groups is 1. The van der Waals surface area contributed by atoms with E-state index in [0.717, 1.165) is 17.5 Å². The number of morpholine rings is 1. The van der Waals surface area contributed by atoms with Crippen LogP contribution in [0, 0.1) is 5.41 Å². The van der Waals surface area contributed by atoms with Crippen LogP contribution in [0.2, 0.25) is 0 Å². The summed E-state index contributed by atoms with van der Waals surface area (Å²) in [6.45, 7) is 7.33. The molecule has 2 amide bonds. The fourth-order valence-corrected chi connectivity index (χ4v) is 3.20. The molecule has 0 radical (unpaired) electrons. The van der Waals surface area contributed by atoms with Gasteiger partial charge in [0.05, 0.1) is 31.2 Å². The first-order chi connectivity index (χ1) is 15.2. The van der Waals surface area contributed by atoms with Crippen LogP contribution in [0.25, 0.3) is 11.4 Å². The van der Waals surface area contributed by atoms with Crippen molar-refractivity contribution in [2.45, 2.75) is 32.4 Å². The zero-order chi connectivity index (χ0) is 23.3. The van der Waals surface area contributed by atoms with Crippen molar-refractivity contribution in [3.63, 3.8) is 0 Å². The standard InChI is InChI=1S/C22H28N6O4/c1-14-13-32-11-9-28(14)19-12-17(22(2,3)31)25-20(27-19)15-4-6-16(7-5-15)24-21(30)26-18(23)8-10-29/h4-8,10,12,14,29,31H,9,11,13H2,1-3H3,(H3,23,24,26,30)/b10-8-/t14-/m0/s1. The molecule has 0 spiro atoms. The summed E-state index contributed by atoms with van der Waals surface area (Å²) in [5.41, 5.74) is 0.593. The van der Waals surface area contributed by atoms with Crippen molar-refractivity contribution < 1.29 is 19.7 Å². The van der Waals surface area contributed by atoms with Gasteiger partial charge in [-0.15, -0.1) is 0 Å². The molecule has 2 aromatic rings. The lowest BCUT2D eigenvalue weighted by Gasteiger charge is -2.35. The maximum Gasteiger partial charge on any atom is 0.324 e. The van der Waals surface area contributed by atoms with Crippen LogP contribution in [0.3, 0.4) is 0 Å². The molecule has 10 nitrogen and oxygen atoms in total. The minimum absolute atomic E-state index is 0.144. The minimum atomic E-state index is -1.14. The highest BCUT2D eigenvalue weighted by molar-refractivity contribution is 6.06. The van der Waals surface area contributed by atoms with Crippen LogP contribution in [-0.4, -0.2) is 57.8 Å². The van der Waals surface area contributed by atoms with E-state index in [1.807, 2.05) is 0 Å². The van der Waals surface area contributed by atoms with Gasteiger partial charge < -0.3 is 25.2 Å². The molecule has 170 valence electrons. The molecule has 1 aromatic heterocycles. The second-order valence-corrected chi connectivity index (χ2v) is 8.00. The Hall–Kier alpha value is -3.50. The van der Waals surface area contributed by atoms with Gasteiger partial charge in [-0.05, 0) is 45.0 Å². The molecule has 2 heterocycles. The van der Waals surface area contributed by atoms with Gasteiger partial charge in [0.15, 0.2) is 5.82 Å². The van der Waals surface area contributed by atoms with Gasteiger partial charge in [0.1, 0.15) is 17.3 Å². The number of hydrogen-bond acceptors (Lipinski definition) is 8. The maximum absolute atomic E-state index is 11.9. The Balaban J connectivity index is 1.85. The van der Waals surface area contributed by atoms with Crippen LogP contribution >= 0.6 is 0 Å². The van der Waals surface area contributed by atoms with Crippen molar-refractivity contribution in [2.24, 2.45) is 0 Å². The van der Waals surface area contributed by atoms with Crippen LogP contribution in [0.4, 0.5) is 16.3 Å². The lowest BCUT2D eigenvalue weighted by Crippen LogP contribution is -2.44. The number of aliphatic hydroxyl groups excluding tert-OH is 1. The van der Waals surface area contributed by atoms with Gasteiger partial charge in [-0.2, -0.15) is 0 Å². The highest BCUT2D eigenvalue weighted by Crippen LogP contribution is 2.28. The fourth-order valence-electron chi connectivity index (χ4n) is 3.20. The smallest absolute Gasteiger partial charge is 0.324 e. The number of benzene rings is 1. The van der Waals surface area contributed by atoms with Gasteiger partial charge in [0, 0.05) is 29.9 Å². The fraction of sp³-hybridized carbons (Fsp3) is 0.364. The molecule has 32 heavy (non-hydrogen) atoms. The Morgan fingerprint density at radius 1 is 1.31 bits per heavy atom. The minimum Gasteiger partial charge on any atom is -0.515 e. The van der Waals surface area contributed by atoms with Gasteiger partial charge in [0.2, 0.25) is 0 Å². The number of ether oxygens (including phenoxy) is 1. The molecule has 1 fully saturated rings. The van der Waals surface area contributed by atoms with E-state index in [-0.39, 0.29) is 11.9 Å². The van der Waals surface area contributed by atoms with E-state index in [0.29, 0.717) is 43.2 Å². The monoisotopic (exact) mass is 440 g/mol. The zero-order valence-electron chi connectivity index (χ0n) is 18.3. The molecule has 5 N–H and O–H groups in total. The first-order valence-electron chi connectivity index (χ1n) is 10.2. The normalized spacial score (nSPS) is 16.8. The summed E-state index contributed by atoms with van der Waals surface area (Å²) < 4.78 is 5.52. The Labute approximate surface area is 186 Å². The van der Waals surface area contributed by atoms with Crippen molar-refractivity contribution in [2.75, 3.05) is 30.0 Å². The topological polar surface area (TPSA) is 144 Å². The lowest BCUT2D eigenvalue weighted by molar-refractivity contribution is 0.0736. The average molecular weight is 441 g/mol. The van der Waals surface area contributed by atoms with E-state index in [1.54, 1.807) is 44.2 Å². The molecule has 10 heteroatoms. The molecule has 1 aromatic carbocycles. The summed E-state index contributed by atoms with van der Waals surface area (Å²) in [5.74, 6) is 0.937. The second kappa shape index (κ2) is 9.75. The highest BCUT2D eigenvalue weighted by Gasteiger charge is 2.25. The van der Waals surface area contributed by atoms with Crippen molar-refractivity contribution in [1.29, 1.82) is 5.41 Å². The first kappa shape index (κ1) is 23.2. The maximum atomic E-state index is 11.9. The number of nitrogens with zero attached hydrogens (tertiary/aromatic N) is 3. The number of hydrogen-bond donors (Lipinski definition) is 5. The SMILES string of the molecule is C[C@H]1COCCN1c1cc(C(C)(C)O)nc(-c2ccc(NC(=O)NC(=N)/C=C\O)cc2)n1. The quantitative estimate of drug-likeness (QED) is 0.273. The molecule has 0 unspecified atom stereocenters. The number of rotatable bonds is 5. The Morgan fingerprint density at radius 2 is 2.03 bits per heavy atom. The van der Waals surface area contributed by atoms with E-state index in [4.69, 9.17) is 20.2 Å². The number of aliphatic hydroxyl groups is 2. The van der Waals surface area contributed by atoms with Gasteiger partial charge in [-0.3, -0.25) is 10.7 Å². The predicted molar refractivity (Wildman–Crippen MR) is 122 cm³/mol. The van der Waals surface area contributed by atoms with E-state index in [2.05, 4.69) is 27.4 Å². The molecule has 3 rings (SSSR count). The third kappa shape index (κ3) is 5.80. The van der Waals surface area contributed by atoms with Crippen LogP contribution in [0.1, 0.15) is 26.5 Å². The summed E-state index contributed by atoms with van der Waals surface area (Å²) in [6, 6.07) is 8.27. The Morgan fingerprint density at radius 3 is 2.66 bits per heavy atom. The Bertz CT molecular complexity index is 1000.